The number of amides is 2. The number of aryl methyl sites for hydroxylation is 1. The summed E-state index contributed by atoms with van der Waals surface area (Å²) in [4.78, 5) is 12.0. The molecule has 0 heterocycles. The van der Waals surface area contributed by atoms with Gasteiger partial charge >= 0.3 is 6.03 Å². The lowest BCUT2D eigenvalue weighted by Gasteiger charge is -2.12. The summed E-state index contributed by atoms with van der Waals surface area (Å²) in [6, 6.07) is 12.3. The molecule has 0 fully saturated rings. The van der Waals surface area contributed by atoms with E-state index in [9.17, 15) is 4.79 Å². The molecule has 5 heteroatoms. The van der Waals surface area contributed by atoms with Gasteiger partial charge in [0.2, 0.25) is 0 Å². The first-order valence-corrected chi connectivity index (χ1v) is 7.42. The van der Waals surface area contributed by atoms with Crippen molar-refractivity contribution in [1.82, 2.24) is 0 Å². The number of hydrogen-bond acceptors (Lipinski definition) is 2. The van der Waals surface area contributed by atoms with E-state index >= 15 is 0 Å². The van der Waals surface area contributed by atoms with Crippen molar-refractivity contribution in [2.24, 2.45) is 0 Å². The molecule has 22 heavy (non-hydrogen) atoms. The van der Waals surface area contributed by atoms with Gasteiger partial charge in [-0.3, -0.25) is 0 Å². The van der Waals surface area contributed by atoms with Gasteiger partial charge in [-0.1, -0.05) is 17.7 Å². The molecule has 2 rings (SSSR count). The van der Waals surface area contributed by atoms with Crippen molar-refractivity contribution in [2.45, 2.75) is 26.9 Å². The van der Waals surface area contributed by atoms with Gasteiger partial charge in [0.25, 0.3) is 0 Å². The van der Waals surface area contributed by atoms with Crippen LogP contribution in [0.2, 0.25) is 5.02 Å². The van der Waals surface area contributed by atoms with Gasteiger partial charge in [-0.05, 0) is 62.7 Å². The van der Waals surface area contributed by atoms with E-state index in [0.717, 1.165) is 11.3 Å². The molecule has 116 valence electrons. The van der Waals surface area contributed by atoms with Crippen LogP contribution in [-0.2, 0) is 0 Å². The summed E-state index contributed by atoms with van der Waals surface area (Å²) >= 11 is 5.93. The summed E-state index contributed by atoms with van der Waals surface area (Å²) in [5.41, 5.74) is 2.32. The van der Waals surface area contributed by atoms with E-state index in [1.807, 2.05) is 39.0 Å². The van der Waals surface area contributed by atoms with Crippen LogP contribution in [0.25, 0.3) is 0 Å². The number of carbonyl (C=O) groups excluding carboxylic acids is 1. The molecule has 2 amide bonds. The van der Waals surface area contributed by atoms with Crippen LogP contribution in [0.15, 0.2) is 42.5 Å². The third-order valence-electron chi connectivity index (χ3n) is 2.93. The van der Waals surface area contributed by atoms with Gasteiger partial charge < -0.3 is 15.4 Å². The fourth-order valence-electron chi connectivity index (χ4n) is 1.90. The molecular formula is C17H19ClN2O2. The topological polar surface area (TPSA) is 50.4 Å². The largest absolute Gasteiger partial charge is 0.491 e. The summed E-state index contributed by atoms with van der Waals surface area (Å²) in [6.07, 6.45) is 0.118. The Kier molecular flexibility index (Phi) is 5.28. The zero-order chi connectivity index (χ0) is 16.1. The van der Waals surface area contributed by atoms with Gasteiger partial charge in [0.1, 0.15) is 5.75 Å². The van der Waals surface area contributed by atoms with Crippen LogP contribution in [0, 0.1) is 6.92 Å². The Morgan fingerprint density at radius 2 is 1.77 bits per heavy atom. The van der Waals surface area contributed by atoms with E-state index in [4.69, 9.17) is 16.3 Å². The smallest absolute Gasteiger partial charge is 0.323 e. The minimum Gasteiger partial charge on any atom is -0.491 e. The minimum atomic E-state index is -0.317. The van der Waals surface area contributed by atoms with E-state index in [2.05, 4.69) is 10.6 Å². The number of hydrogen-bond donors (Lipinski definition) is 2. The van der Waals surface area contributed by atoms with E-state index in [0.29, 0.717) is 16.4 Å². The lowest BCUT2D eigenvalue weighted by atomic mass is 10.2. The molecule has 0 saturated heterocycles. The predicted octanol–water partition coefficient (Wildman–Crippen LogP) is 5.08. The van der Waals surface area contributed by atoms with Gasteiger partial charge in [0.15, 0.2) is 0 Å². The molecular weight excluding hydrogens is 300 g/mol. The Morgan fingerprint density at radius 1 is 1.09 bits per heavy atom. The summed E-state index contributed by atoms with van der Waals surface area (Å²) in [5.74, 6) is 0.770. The van der Waals surface area contributed by atoms with Crippen molar-refractivity contribution in [2.75, 3.05) is 10.6 Å². The zero-order valence-electron chi connectivity index (χ0n) is 12.8. The minimum absolute atomic E-state index is 0.118. The zero-order valence-corrected chi connectivity index (χ0v) is 13.6. The first-order valence-electron chi connectivity index (χ1n) is 7.05. The Bertz CT molecular complexity index is 654. The van der Waals surface area contributed by atoms with Crippen molar-refractivity contribution >= 4 is 29.0 Å². The van der Waals surface area contributed by atoms with Crippen LogP contribution in [0.4, 0.5) is 16.2 Å². The first kappa shape index (κ1) is 16.2. The fraction of sp³-hybridized carbons (Fsp3) is 0.235. The molecule has 0 radical (unpaired) electrons. The van der Waals surface area contributed by atoms with Crippen LogP contribution < -0.4 is 15.4 Å². The number of benzene rings is 2. The summed E-state index contributed by atoms with van der Waals surface area (Å²) < 4.78 is 5.56. The summed E-state index contributed by atoms with van der Waals surface area (Å²) in [5, 5.41) is 6.13. The Balaban J connectivity index is 1.98. The molecule has 4 nitrogen and oxygen atoms in total. The Morgan fingerprint density at radius 3 is 2.41 bits per heavy atom. The highest BCUT2D eigenvalue weighted by molar-refractivity contribution is 6.31. The molecule has 0 unspecified atom stereocenters. The van der Waals surface area contributed by atoms with E-state index < -0.39 is 0 Å². The normalized spacial score (nSPS) is 10.4. The average molecular weight is 319 g/mol. The van der Waals surface area contributed by atoms with Crippen LogP contribution in [0.5, 0.6) is 5.75 Å². The maximum Gasteiger partial charge on any atom is 0.323 e. The molecule has 2 aromatic rings. The molecule has 0 aliphatic heterocycles. The predicted molar refractivity (Wildman–Crippen MR) is 91.0 cm³/mol. The van der Waals surface area contributed by atoms with E-state index in [1.165, 1.54) is 0 Å². The number of carbonyl (C=O) groups is 1. The van der Waals surface area contributed by atoms with Crippen molar-refractivity contribution in [1.29, 1.82) is 0 Å². The third-order valence-corrected chi connectivity index (χ3v) is 3.17. The highest BCUT2D eigenvalue weighted by Crippen LogP contribution is 2.21. The second kappa shape index (κ2) is 7.18. The highest BCUT2D eigenvalue weighted by Gasteiger charge is 2.06. The number of ether oxygens (including phenoxy) is 1. The molecule has 2 N–H and O–H groups in total. The molecule has 0 atom stereocenters. The van der Waals surface area contributed by atoms with Gasteiger partial charge in [-0.15, -0.1) is 0 Å². The second-order valence-corrected chi connectivity index (χ2v) is 5.67. The lowest BCUT2D eigenvalue weighted by molar-refractivity contribution is 0.242. The highest BCUT2D eigenvalue weighted by atomic mass is 35.5. The van der Waals surface area contributed by atoms with Crippen LogP contribution in [0.1, 0.15) is 19.4 Å². The third kappa shape index (κ3) is 4.67. The Hall–Kier alpha value is -2.20. The number of urea groups is 1. The SMILES string of the molecule is Cc1ccc(Cl)cc1NC(=O)Nc1ccc(OC(C)C)cc1. The number of nitrogens with one attached hydrogen (secondary N) is 2. The molecule has 0 saturated carbocycles. The van der Waals surface area contributed by atoms with Gasteiger partial charge in [0.05, 0.1) is 6.10 Å². The van der Waals surface area contributed by atoms with Crippen molar-refractivity contribution in [3.63, 3.8) is 0 Å². The molecule has 0 bridgehead atoms. The van der Waals surface area contributed by atoms with Crippen molar-refractivity contribution in [3.8, 4) is 5.75 Å². The van der Waals surface area contributed by atoms with Gasteiger partial charge in [-0.25, -0.2) is 4.79 Å². The second-order valence-electron chi connectivity index (χ2n) is 5.23. The standard InChI is InChI=1S/C17H19ClN2O2/c1-11(2)22-15-8-6-14(7-9-15)19-17(21)20-16-10-13(18)5-4-12(16)3/h4-11H,1-3H3,(H2,19,20,21). The van der Waals surface area contributed by atoms with Crippen LogP contribution in [0.3, 0.4) is 0 Å². The first-order chi connectivity index (χ1) is 10.4. The average Bonchev–Trinajstić information content (AvgIpc) is 2.44. The number of halogens is 1. The van der Waals surface area contributed by atoms with E-state index in [1.54, 1.807) is 24.3 Å². The number of rotatable bonds is 4. The summed E-state index contributed by atoms with van der Waals surface area (Å²) in [6.45, 7) is 5.84. The van der Waals surface area contributed by atoms with Crippen LogP contribution >= 0.6 is 11.6 Å². The summed E-state index contributed by atoms with van der Waals surface area (Å²) in [7, 11) is 0. The maximum atomic E-state index is 12.0. The molecule has 2 aromatic carbocycles. The molecule has 0 spiro atoms. The Labute approximate surface area is 135 Å². The number of anilines is 2. The van der Waals surface area contributed by atoms with Gasteiger partial charge in [0, 0.05) is 16.4 Å². The van der Waals surface area contributed by atoms with E-state index in [-0.39, 0.29) is 12.1 Å². The monoisotopic (exact) mass is 318 g/mol. The fourth-order valence-corrected chi connectivity index (χ4v) is 2.07. The van der Waals surface area contributed by atoms with Gasteiger partial charge in [-0.2, -0.15) is 0 Å². The van der Waals surface area contributed by atoms with Crippen LogP contribution in [-0.4, -0.2) is 12.1 Å². The maximum absolute atomic E-state index is 12.0. The van der Waals surface area contributed by atoms with Crippen molar-refractivity contribution in [3.05, 3.63) is 53.1 Å². The lowest BCUT2D eigenvalue weighted by Crippen LogP contribution is -2.19. The molecule has 0 aliphatic carbocycles. The molecule has 0 aromatic heterocycles. The molecule has 0 aliphatic rings. The quantitative estimate of drug-likeness (QED) is 0.826. The van der Waals surface area contributed by atoms with Crippen molar-refractivity contribution < 1.29 is 9.53 Å².